The first-order valence-electron chi connectivity index (χ1n) is 11.6. The lowest BCUT2D eigenvalue weighted by atomic mass is 9.95. The SMILES string of the molecule is CCN(CC)CCn1cc(C2=C(c3c[nH]c4ccccc34)C(=O)NC2=O)c2cc([N+](=O)[O-])ccc21. The highest BCUT2D eigenvalue weighted by atomic mass is 16.6. The van der Waals surface area contributed by atoms with Gasteiger partial charge in [-0.25, -0.2) is 0 Å². The zero-order valence-corrected chi connectivity index (χ0v) is 19.5. The van der Waals surface area contributed by atoms with E-state index in [9.17, 15) is 19.7 Å². The minimum absolute atomic E-state index is 0.0702. The highest BCUT2D eigenvalue weighted by molar-refractivity contribution is 6.50. The quantitative estimate of drug-likeness (QED) is 0.230. The molecule has 0 aliphatic carbocycles. The van der Waals surface area contributed by atoms with Crippen LogP contribution >= 0.6 is 0 Å². The average molecular weight is 472 g/mol. The number of carbonyl (C=O) groups excluding carboxylic acids is 2. The van der Waals surface area contributed by atoms with Crippen molar-refractivity contribution in [2.75, 3.05) is 19.6 Å². The molecule has 0 bridgehead atoms. The first kappa shape index (κ1) is 22.5. The van der Waals surface area contributed by atoms with Crippen molar-refractivity contribution in [1.82, 2.24) is 19.8 Å². The molecule has 0 unspecified atom stereocenters. The lowest BCUT2D eigenvalue weighted by molar-refractivity contribution is -0.384. The zero-order chi connectivity index (χ0) is 24.7. The Kier molecular flexibility index (Phi) is 5.70. The molecule has 35 heavy (non-hydrogen) atoms. The summed E-state index contributed by atoms with van der Waals surface area (Å²) in [6, 6.07) is 12.2. The smallest absolute Gasteiger partial charge is 0.270 e. The fourth-order valence-electron chi connectivity index (χ4n) is 4.82. The summed E-state index contributed by atoms with van der Waals surface area (Å²) < 4.78 is 2.00. The van der Waals surface area contributed by atoms with Crippen LogP contribution < -0.4 is 5.32 Å². The number of hydrogen-bond acceptors (Lipinski definition) is 5. The fraction of sp³-hybridized carbons (Fsp3) is 0.231. The van der Waals surface area contributed by atoms with Crippen molar-refractivity contribution in [2.24, 2.45) is 0 Å². The van der Waals surface area contributed by atoms with E-state index in [0.717, 1.165) is 36.1 Å². The molecular formula is C26H25N5O4. The van der Waals surface area contributed by atoms with E-state index in [2.05, 4.69) is 29.0 Å². The van der Waals surface area contributed by atoms with Gasteiger partial charge in [0.05, 0.1) is 16.1 Å². The summed E-state index contributed by atoms with van der Waals surface area (Å²) >= 11 is 0. The standard InChI is InChI=1S/C26H25N5O4/c1-3-29(4-2)11-12-30-15-20(18-13-16(31(34)35)9-10-22(18)30)24-23(25(32)28-26(24)33)19-14-27-21-8-6-5-7-17(19)21/h5-10,13-15,27H,3-4,11-12H2,1-2H3,(H,28,32,33). The maximum absolute atomic E-state index is 13.1. The molecule has 3 heterocycles. The number of nitro groups is 1. The van der Waals surface area contributed by atoms with Crippen molar-refractivity contribution in [2.45, 2.75) is 20.4 Å². The third-order valence-electron chi connectivity index (χ3n) is 6.69. The Balaban J connectivity index is 1.74. The van der Waals surface area contributed by atoms with Gasteiger partial charge in [0.25, 0.3) is 17.5 Å². The second-order valence-corrected chi connectivity index (χ2v) is 8.50. The van der Waals surface area contributed by atoms with Gasteiger partial charge >= 0.3 is 0 Å². The molecule has 5 rings (SSSR count). The Hall–Kier alpha value is -4.24. The van der Waals surface area contributed by atoms with Crippen LogP contribution in [-0.2, 0) is 16.1 Å². The number of non-ortho nitro benzene ring substituents is 1. The number of carbonyl (C=O) groups is 2. The number of nitrogens with one attached hydrogen (secondary N) is 2. The van der Waals surface area contributed by atoms with Gasteiger partial charge < -0.3 is 14.5 Å². The number of imide groups is 1. The number of nitrogens with zero attached hydrogens (tertiary/aromatic N) is 3. The lowest BCUT2D eigenvalue weighted by Gasteiger charge is -2.18. The average Bonchev–Trinajstić information content (AvgIpc) is 3.52. The van der Waals surface area contributed by atoms with Crippen LogP contribution in [0.3, 0.4) is 0 Å². The van der Waals surface area contributed by atoms with E-state index in [-0.39, 0.29) is 16.8 Å². The molecule has 1 aliphatic heterocycles. The fourth-order valence-corrected chi connectivity index (χ4v) is 4.82. The van der Waals surface area contributed by atoms with E-state index in [1.807, 2.05) is 35.0 Å². The molecule has 2 N–H and O–H groups in total. The third-order valence-corrected chi connectivity index (χ3v) is 6.69. The molecule has 9 heteroatoms. The van der Waals surface area contributed by atoms with Crippen LogP contribution in [0.25, 0.3) is 33.0 Å². The maximum Gasteiger partial charge on any atom is 0.270 e. The Morgan fingerprint density at radius 2 is 1.69 bits per heavy atom. The zero-order valence-electron chi connectivity index (χ0n) is 19.5. The number of aromatic nitrogens is 2. The number of likely N-dealkylation sites (N-methyl/N-ethyl adjacent to an activating group) is 1. The summed E-state index contributed by atoms with van der Waals surface area (Å²) in [5.74, 6) is -0.992. The molecule has 0 radical (unpaired) electrons. The number of nitro benzene ring substituents is 1. The van der Waals surface area contributed by atoms with Crippen molar-refractivity contribution >= 4 is 50.5 Å². The number of aromatic amines is 1. The van der Waals surface area contributed by atoms with Crippen LogP contribution in [-0.4, -0.2) is 50.8 Å². The summed E-state index contributed by atoms with van der Waals surface area (Å²) in [7, 11) is 0. The van der Waals surface area contributed by atoms with E-state index in [1.54, 1.807) is 12.3 Å². The van der Waals surface area contributed by atoms with Crippen LogP contribution in [0.5, 0.6) is 0 Å². The summed E-state index contributed by atoms with van der Waals surface area (Å²) in [5.41, 5.74) is 3.17. The van der Waals surface area contributed by atoms with E-state index in [1.165, 1.54) is 12.1 Å². The molecule has 2 amide bonds. The molecule has 2 aromatic heterocycles. The minimum atomic E-state index is -0.510. The first-order valence-corrected chi connectivity index (χ1v) is 11.6. The number of para-hydroxylation sites is 1. The number of fused-ring (bicyclic) bond motifs is 2. The second kappa shape index (κ2) is 8.84. The number of benzene rings is 2. The molecule has 2 aromatic carbocycles. The molecule has 0 atom stereocenters. The maximum atomic E-state index is 13.1. The Labute approximate surface area is 201 Å². The topological polar surface area (TPSA) is 113 Å². The van der Waals surface area contributed by atoms with Crippen LogP contribution in [0.2, 0.25) is 0 Å². The van der Waals surface area contributed by atoms with Crippen molar-refractivity contribution in [1.29, 1.82) is 0 Å². The van der Waals surface area contributed by atoms with E-state index in [0.29, 0.717) is 23.1 Å². The van der Waals surface area contributed by atoms with Gasteiger partial charge in [-0.3, -0.25) is 25.0 Å². The highest BCUT2D eigenvalue weighted by Gasteiger charge is 2.35. The molecule has 0 fully saturated rings. The third kappa shape index (κ3) is 3.79. The molecule has 178 valence electrons. The highest BCUT2D eigenvalue weighted by Crippen LogP contribution is 2.39. The van der Waals surface area contributed by atoms with Gasteiger partial charge in [0.15, 0.2) is 0 Å². The predicted molar refractivity (Wildman–Crippen MR) is 135 cm³/mol. The Bertz CT molecular complexity index is 1520. The van der Waals surface area contributed by atoms with E-state index in [4.69, 9.17) is 0 Å². The van der Waals surface area contributed by atoms with Gasteiger partial charge in [-0.2, -0.15) is 0 Å². The predicted octanol–water partition coefficient (Wildman–Crippen LogP) is 3.94. The summed E-state index contributed by atoms with van der Waals surface area (Å²) in [6.07, 6.45) is 3.56. The van der Waals surface area contributed by atoms with E-state index < -0.39 is 16.7 Å². The molecule has 1 aliphatic rings. The molecule has 4 aromatic rings. The van der Waals surface area contributed by atoms with Crippen molar-refractivity contribution in [3.63, 3.8) is 0 Å². The lowest BCUT2D eigenvalue weighted by Crippen LogP contribution is -2.26. The number of H-pyrrole nitrogens is 1. The summed E-state index contributed by atoms with van der Waals surface area (Å²) in [5, 5.41) is 15.4. The van der Waals surface area contributed by atoms with Crippen molar-refractivity contribution in [3.8, 4) is 0 Å². The number of hydrogen-bond donors (Lipinski definition) is 2. The van der Waals surface area contributed by atoms with Crippen molar-refractivity contribution in [3.05, 3.63) is 76.1 Å². The molecule has 9 nitrogen and oxygen atoms in total. The molecular weight excluding hydrogens is 446 g/mol. The summed E-state index contributed by atoms with van der Waals surface area (Å²) in [6.45, 7) is 7.42. The van der Waals surface area contributed by atoms with Gasteiger partial charge in [-0.15, -0.1) is 0 Å². The Morgan fingerprint density at radius 3 is 2.40 bits per heavy atom. The van der Waals surface area contributed by atoms with Gasteiger partial charge in [-0.1, -0.05) is 32.0 Å². The normalized spacial score (nSPS) is 14.0. The number of rotatable bonds is 8. The minimum Gasteiger partial charge on any atom is -0.361 e. The monoisotopic (exact) mass is 471 g/mol. The first-order chi connectivity index (χ1) is 16.9. The van der Waals surface area contributed by atoms with Crippen molar-refractivity contribution < 1.29 is 14.5 Å². The van der Waals surface area contributed by atoms with Gasteiger partial charge in [0, 0.05) is 70.5 Å². The van der Waals surface area contributed by atoms with Crippen LogP contribution in [0.4, 0.5) is 5.69 Å². The Morgan fingerprint density at radius 1 is 0.971 bits per heavy atom. The van der Waals surface area contributed by atoms with Gasteiger partial charge in [0.1, 0.15) is 0 Å². The van der Waals surface area contributed by atoms with Crippen LogP contribution in [0, 0.1) is 10.1 Å². The largest absolute Gasteiger partial charge is 0.361 e. The molecule has 0 saturated heterocycles. The summed E-state index contributed by atoms with van der Waals surface area (Å²) in [4.78, 5) is 42.6. The van der Waals surface area contributed by atoms with E-state index >= 15 is 0 Å². The van der Waals surface area contributed by atoms with Gasteiger partial charge in [-0.05, 0) is 25.2 Å². The van der Waals surface area contributed by atoms with Crippen LogP contribution in [0.1, 0.15) is 25.0 Å². The van der Waals surface area contributed by atoms with Crippen LogP contribution in [0.15, 0.2) is 54.9 Å². The second-order valence-electron chi connectivity index (χ2n) is 8.50. The molecule has 0 spiro atoms. The van der Waals surface area contributed by atoms with Gasteiger partial charge in [0.2, 0.25) is 0 Å². The number of amides is 2. The molecule has 0 saturated carbocycles.